The average molecular weight is 404 g/mol. The van der Waals surface area contributed by atoms with Crippen molar-refractivity contribution in [3.63, 3.8) is 0 Å². The second kappa shape index (κ2) is 8.07. The zero-order chi connectivity index (χ0) is 20.4. The lowest BCUT2D eigenvalue weighted by Crippen LogP contribution is -2.53. The lowest BCUT2D eigenvalue weighted by atomic mass is 9.83. The molecule has 0 amide bonds. The maximum atomic E-state index is 5.89. The van der Waals surface area contributed by atoms with Gasteiger partial charge in [-0.3, -0.25) is 0 Å². The van der Waals surface area contributed by atoms with Gasteiger partial charge in [0.2, 0.25) is 0 Å². The molecular weight excluding hydrogens is 374 g/mol. The predicted octanol–water partition coefficient (Wildman–Crippen LogP) is 4.67. The number of methoxy groups -OCH3 is 1. The van der Waals surface area contributed by atoms with Gasteiger partial charge in [0.05, 0.1) is 30.6 Å². The minimum atomic E-state index is -0.0681. The van der Waals surface area contributed by atoms with Crippen molar-refractivity contribution in [2.75, 3.05) is 38.7 Å². The third-order valence-corrected chi connectivity index (χ3v) is 6.28. The molecule has 0 aliphatic carbocycles. The highest BCUT2D eigenvalue weighted by Crippen LogP contribution is 2.43. The lowest BCUT2D eigenvalue weighted by molar-refractivity contribution is 0.146. The summed E-state index contributed by atoms with van der Waals surface area (Å²) in [5.74, 6) is 1.84. The van der Waals surface area contributed by atoms with Crippen LogP contribution >= 0.6 is 0 Å². The molecule has 0 bridgehead atoms. The Labute approximate surface area is 178 Å². The highest BCUT2D eigenvalue weighted by atomic mass is 16.5. The fraction of sp³-hybridized carbons (Fsp3) is 0.360. The van der Waals surface area contributed by atoms with Gasteiger partial charge in [-0.2, -0.15) is 0 Å². The summed E-state index contributed by atoms with van der Waals surface area (Å²) in [5.41, 5.74) is 3.62. The van der Waals surface area contributed by atoms with Gasteiger partial charge < -0.3 is 24.3 Å². The van der Waals surface area contributed by atoms with Crippen molar-refractivity contribution >= 4 is 5.69 Å². The Hall–Kier alpha value is -2.92. The molecule has 0 unspecified atom stereocenters. The number of anilines is 1. The van der Waals surface area contributed by atoms with E-state index in [0.717, 1.165) is 56.3 Å². The number of aromatic nitrogens is 1. The van der Waals surface area contributed by atoms with Crippen LogP contribution in [0, 0.1) is 0 Å². The van der Waals surface area contributed by atoms with Gasteiger partial charge in [-0.25, -0.2) is 0 Å². The molecule has 1 spiro atoms. The van der Waals surface area contributed by atoms with E-state index in [-0.39, 0.29) is 5.54 Å². The van der Waals surface area contributed by atoms with Gasteiger partial charge in [-0.05, 0) is 62.2 Å². The zero-order valence-corrected chi connectivity index (χ0v) is 17.5. The monoisotopic (exact) mass is 403 g/mol. The number of likely N-dealkylation sites (tertiary alicyclic amines) is 1. The van der Waals surface area contributed by atoms with Gasteiger partial charge in [0.1, 0.15) is 11.5 Å². The summed E-state index contributed by atoms with van der Waals surface area (Å²) in [6.07, 6.45) is 5.51. The van der Waals surface area contributed by atoms with Crippen LogP contribution in [0.1, 0.15) is 25.0 Å². The van der Waals surface area contributed by atoms with E-state index in [1.807, 2.05) is 36.4 Å². The number of fused-ring (bicyclic) bond motifs is 4. The fourth-order valence-corrected chi connectivity index (χ4v) is 4.90. The number of piperidine rings is 1. The topological polar surface area (TPSA) is 38.7 Å². The molecule has 2 aromatic carbocycles. The summed E-state index contributed by atoms with van der Waals surface area (Å²) in [6.45, 7) is 3.93. The quantitative estimate of drug-likeness (QED) is 0.607. The molecule has 1 N–H and O–H groups in total. The number of rotatable bonds is 6. The fourth-order valence-electron chi connectivity index (χ4n) is 4.90. The highest BCUT2D eigenvalue weighted by Gasteiger charge is 2.42. The number of nitrogens with zero attached hydrogens (tertiary/aromatic N) is 2. The van der Waals surface area contributed by atoms with Crippen LogP contribution < -0.4 is 14.8 Å². The molecule has 30 heavy (non-hydrogen) atoms. The smallest absolute Gasteiger partial charge is 0.121 e. The summed E-state index contributed by atoms with van der Waals surface area (Å²) in [5, 5.41) is 3.90. The van der Waals surface area contributed by atoms with Gasteiger partial charge in [-0.15, -0.1) is 0 Å². The van der Waals surface area contributed by atoms with Crippen molar-refractivity contribution in [1.82, 2.24) is 9.47 Å². The van der Waals surface area contributed by atoms with Crippen LogP contribution in [0.2, 0.25) is 0 Å². The number of hydrogen-bond donors (Lipinski definition) is 1. The van der Waals surface area contributed by atoms with Crippen molar-refractivity contribution in [3.05, 3.63) is 72.6 Å². The molecule has 1 saturated heterocycles. The van der Waals surface area contributed by atoms with E-state index >= 15 is 0 Å². The summed E-state index contributed by atoms with van der Waals surface area (Å²) in [7, 11) is 1.72. The molecule has 3 heterocycles. The molecule has 5 heteroatoms. The maximum absolute atomic E-state index is 5.89. The van der Waals surface area contributed by atoms with E-state index in [9.17, 15) is 0 Å². The molecule has 5 rings (SSSR count). The van der Waals surface area contributed by atoms with Crippen LogP contribution in [-0.4, -0.2) is 42.8 Å². The van der Waals surface area contributed by atoms with Crippen molar-refractivity contribution in [2.24, 2.45) is 0 Å². The molecule has 0 radical (unpaired) electrons. The van der Waals surface area contributed by atoms with Crippen LogP contribution in [0.15, 0.2) is 66.9 Å². The summed E-state index contributed by atoms with van der Waals surface area (Å²) in [4.78, 5) is 2.58. The molecule has 156 valence electrons. The second-order valence-electron chi connectivity index (χ2n) is 8.25. The molecular formula is C25H29N3O2. The van der Waals surface area contributed by atoms with E-state index in [2.05, 4.69) is 45.2 Å². The highest BCUT2D eigenvalue weighted by molar-refractivity contribution is 5.69. The standard InChI is InChI=1S/C25H29N3O2/c1-29-21-11-12-23-22(18-21)26-25(24-10-5-16-28(23)24)13-6-14-27(19-25)15-7-17-30-20-8-3-2-4-9-20/h2-5,8-12,16,18,26H,6-7,13-15,17,19H2,1H3/t25-/m0/s1. The Kier molecular flexibility index (Phi) is 5.13. The summed E-state index contributed by atoms with van der Waals surface area (Å²) < 4.78 is 13.7. The van der Waals surface area contributed by atoms with Crippen molar-refractivity contribution < 1.29 is 9.47 Å². The average Bonchev–Trinajstić information content (AvgIpc) is 3.29. The number of benzene rings is 2. The predicted molar refractivity (Wildman–Crippen MR) is 120 cm³/mol. The molecule has 5 nitrogen and oxygen atoms in total. The van der Waals surface area contributed by atoms with Crippen LogP contribution in [-0.2, 0) is 5.54 Å². The molecule has 1 fully saturated rings. The SMILES string of the molecule is COc1ccc2c(c1)N[C@]1(CCCN(CCCOc3ccccc3)C1)c1cccn1-2. The number of nitrogens with one attached hydrogen (secondary N) is 1. The van der Waals surface area contributed by atoms with E-state index < -0.39 is 0 Å². The van der Waals surface area contributed by atoms with Crippen LogP contribution in [0.25, 0.3) is 5.69 Å². The molecule has 0 saturated carbocycles. The number of ether oxygens (including phenoxy) is 2. The van der Waals surface area contributed by atoms with E-state index in [1.165, 1.54) is 17.8 Å². The van der Waals surface area contributed by atoms with E-state index in [0.29, 0.717) is 0 Å². The summed E-state index contributed by atoms with van der Waals surface area (Å²) in [6, 6.07) is 20.8. The molecule has 2 aliphatic rings. The van der Waals surface area contributed by atoms with Crippen molar-refractivity contribution in [2.45, 2.75) is 24.8 Å². The Morgan fingerprint density at radius 2 is 1.93 bits per heavy atom. The van der Waals surface area contributed by atoms with Crippen LogP contribution in [0.3, 0.4) is 0 Å². The van der Waals surface area contributed by atoms with Gasteiger partial charge >= 0.3 is 0 Å². The van der Waals surface area contributed by atoms with Crippen molar-refractivity contribution in [1.29, 1.82) is 0 Å². The van der Waals surface area contributed by atoms with Gasteiger partial charge in [-0.1, -0.05) is 18.2 Å². The summed E-state index contributed by atoms with van der Waals surface area (Å²) >= 11 is 0. The third kappa shape index (κ3) is 3.54. The third-order valence-electron chi connectivity index (χ3n) is 6.28. The minimum absolute atomic E-state index is 0.0681. The van der Waals surface area contributed by atoms with Crippen LogP contribution in [0.5, 0.6) is 11.5 Å². The van der Waals surface area contributed by atoms with E-state index in [1.54, 1.807) is 7.11 Å². The normalized spacial score (nSPS) is 20.3. The largest absolute Gasteiger partial charge is 0.497 e. The Bertz CT molecular complexity index is 1000. The first-order chi connectivity index (χ1) is 14.8. The lowest BCUT2D eigenvalue weighted by Gasteiger charge is -2.47. The Morgan fingerprint density at radius 1 is 1.03 bits per heavy atom. The molecule has 3 aromatic rings. The Morgan fingerprint density at radius 3 is 2.80 bits per heavy atom. The second-order valence-corrected chi connectivity index (χ2v) is 8.25. The van der Waals surface area contributed by atoms with Crippen LogP contribution in [0.4, 0.5) is 5.69 Å². The van der Waals surface area contributed by atoms with Gasteiger partial charge in [0.15, 0.2) is 0 Å². The first-order valence-corrected chi connectivity index (χ1v) is 10.8. The Balaban J connectivity index is 1.29. The zero-order valence-electron chi connectivity index (χ0n) is 17.5. The minimum Gasteiger partial charge on any atom is -0.497 e. The van der Waals surface area contributed by atoms with Gasteiger partial charge in [0.25, 0.3) is 0 Å². The first-order valence-electron chi connectivity index (χ1n) is 10.8. The number of hydrogen-bond acceptors (Lipinski definition) is 4. The van der Waals surface area contributed by atoms with Gasteiger partial charge in [0, 0.05) is 31.0 Å². The maximum Gasteiger partial charge on any atom is 0.121 e. The molecule has 1 aromatic heterocycles. The van der Waals surface area contributed by atoms with E-state index in [4.69, 9.17) is 9.47 Å². The molecule has 1 atom stereocenters. The van der Waals surface area contributed by atoms with Crippen molar-refractivity contribution in [3.8, 4) is 17.2 Å². The molecule has 2 aliphatic heterocycles. The first kappa shape index (κ1) is 19.1. The number of para-hydroxylation sites is 1.